The van der Waals surface area contributed by atoms with E-state index in [0.717, 1.165) is 0 Å². The minimum Gasteiger partial charge on any atom is -0.316 e. The average molecular weight is 356 g/mol. The summed E-state index contributed by atoms with van der Waals surface area (Å²) in [7, 11) is 0. The molecule has 0 spiro atoms. The first-order chi connectivity index (χ1) is 9.52. The minimum absolute atomic E-state index is 0. The lowest BCUT2D eigenvalue weighted by molar-refractivity contribution is -0.384. The molecule has 0 unspecified atom stereocenters. The highest BCUT2D eigenvalue weighted by atomic mass is 79.9. The van der Waals surface area contributed by atoms with E-state index in [2.05, 4.69) is 15.3 Å². The molecule has 3 N–H and O–H groups in total. The largest absolute Gasteiger partial charge is 0.316 e. The predicted octanol–water partition coefficient (Wildman–Crippen LogP) is 0.316. The van der Waals surface area contributed by atoms with E-state index in [0.29, 0.717) is 11.1 Å². The van der Waals surface area contributed by atoms with Crippen LogP contribution < -0.4 is 16.4 Å². The second-order valence-electron chi connectivity index (χ2n) is 3.95. The summed E-state index contributed by atoms with van der Waals surface area (Å²) in [4.78, 5) is 37.5. The monoisotopic (exact) mass is 355 g/mol. The lowest BCUT2D eigenvalue weighted by atomic mass is 10.1. The van der Waals surface area contributed by atoms with Crippen molar-refractivity contribution in [2.45, 2.75) is 6.54 Å². The molecule has 110 valence electrons. The molecule has 0 aliphatic rings. The Morgan fingerprint density at radius 1 is 1.29 bits per heavy atom. The molecule has 0 saturated carbocycles. The van der Waals surface area contributed by atoms with Crippen LogP contribution in [0.25, 0.3) is 11.0 Å². The first-order valence-electron chi connectivity index (χ1n) is 5.54. The Labute approximate surface area is 127 Å². The van der Waals surface area contributed by atoms with Crippen LogP contribution in [0, 0.1) is 21.4 Å². The summed E-state index contributed by atoms with van der Waals surface area (Å²) in [5.74, 6) is 0. The van der Waals surface area contributed by atoms with E-state index >= 15 is 0 Å². The Morgan fingerprint density at radius 3 is 2.57 bits per heavy atom. The zero-order valence-corrected chi connectivity index (χ0v) is 12.2. The molecule has 2 aromatic rings. The number of nitriles is 1. The Balaban J connectivity index is 0.00000220. The van der Waals surface area contributed by atoms with E-state index in [-0.39, 0.29) is 41.3 Å². The van der Waals surface area contributed by atoms with E-state index in [1.165, 1.54) is 12.1 Å². The van der Waals surface area contributed by atoms with Gasteiger partial charge in [0.1, 0.15) is 0 Å². The van der Waals surface area contributed by atoms with Gasteiger partial charge >= 0.3 is 11.1 Å². The number of nitro groups is 1. The van der Waals surface area contributed by atoms with Crippen LogP contribution in [0.3, 0.4) is 0 Å². The van der Waals surface area contributed by atoms with E-state index in [1.54, 1.807) is 0 Å². The topological polar surface area (TPSA) is 145 Å². The van der Waals surface area contributed by atoms with Crippen molar-refractivity contribution in [3.8, 4) is 6.07 Å². The number of hydrogen-bond acceptors (Lipinski definition) is 6. The molecular weight excluding hydrogens is 346 g/mol. The van der Waals surface area contributed by atoms with Crippen molar-refractivity contribution in [2.75, 3.05) is 6.54 Å². The second-order valence-corrected chi connectivity index (χ2v) is 3.95. The number of H-pyrrole nitrogens is 2. The number of nitrogens with zero attached hydrogens (tertiary/aromatic N) is 2. The molecule has 0 amide bonds. The number of nitro benzene ring substituents is 1. The molecule has 21 heavy (non-hydrogen) atoms. The second kappa shape index (κ2) is 6.78. The van der Waals surface area contributed by atoms with Gasteiger partial charge in [0.05, 0.1) is 28.6 Å². The quantitative estimate of drug-likeness (QED) is 0.236. The summed E-state index contributed by atoms with van der Waals surface area (Å²) in [6, 6.07) is 4.32. The van der Waals surface area contributed by atoms with Crippen molar-refractivity contribution < 1.29 is 4.92 Å². The molecule has 0 fully saturated rings. The minimum atomic E-state index is -0.881. The van der Waals surface area contributed by atoms with Crippen molar-refractivity contribution in [2.24, 2.45) is 0 Å². The van der Waals surface area contributed by atoms with Crippen LogP contribution in [-0.2, 0) is 6.54 Å². The summed E-state index contributed by atoms with van der Waals surface area (Å²) in [5.41, 5.74) is -1.06. The van der Waals surface area contributed by atoms with Gasteiger partial charge in [0.25, 0.3) is 5.69 Å². The SMILES string of the molecule is Br.N#CCNCc1cc([N+](=O)[O-])cc2[nH]c(=O)c(=O)[nH]c12. The highest BCUT2D eigenvalue weighted by molar-refractivity contribution is 8.93. The normalized spacial score (nSPS) is 9.86. The van der Waals surface area contributed by atoms with Crippen LogP contribution in [0.15, 0.2) is 21.7 Å². The van der Waals surface area contributed by atoms with Crippen LogP contribution >= 0.6 is 17.0 Å². The summed E-state index contributed by atoms with van der Waals surface area (Å²) in [6.45, 7) is 0.200. The highest BCUT2D eigenvalue weighted by Gasteiger charge is 2.13. The van der Waals surface area contributed by atoms with Gasteiger partial charge in [-0.25, -0.2) is 0 Å². The van der Waals surface area contributed by atoms with Gasteiger partial charge in [-0.05, 0) is 5.56 Å². The first kappa shape index (κ1) is 16.5. The third-order valence-electron chi connectivity index (χ3n) is 2.63. The Morgan fingerprint density at radius 2 is 1.95 bits per heavy atom. The molecule has 10 heteroatoms. The lowest BCUT2D eigenvalue weighted by Crippen LogP contribution is -2.29. The van der Waals surface area contributed by atoms with Gasteiger partial charge in [0.2, 0.25) is 0 Å². The number of non-ortho nitro benzene ring substituents is 1. The van der Waals surface area contributed by atoms with Gasteiger partial charge in [0, 0.05) is 18.7 Å². The van der Waals surface area contributed by atoms with Gasteiger partial charge in [-0.2, -0.15) is 5.26 Å². The molecule has 0 atom stereocenters. The van der Waals surface area contributed by atoms with Crippen molar-refractivity contribution in [1.82, 2.24) is 15.3 Å². The lowest BCUT2D eigenvalue weighted by Gasteiger charge is -2.06. The van der Waals surface area contributed by atoms with E-state index < -0.39 is 16.0 Å². The summed E-state index contributed by atoms with van der Waals surface area (Å²) in [6.07, 6.45) is 0. The van der Waals surface area contributed by atoms with Crippen molar-refractivity contribution in [1.29, 1.82) is 5.26 Å². The number of benzene rings is 1. The van der Waals surface area contributed by atoms with Crippen LogP contribution in [0.5, 0.6) is 0 Å². The standard InChI is InChI=1S/C11H9N5O4.BrH/c12-1-2-13-5-6-3-7(16(19)20)4-8-9(6)15-11(18)10(17)14-8;/h3-4,13H,2,5H2,(H,14,17)(H,15,18);1H. The van der Waals surface area contributed by atoms with Gasteiger partial charge in [-0.1, -0.05) is 0 Å². The number of fused-ring (bicyclic) bond motifs is 1. The Bertz CT molecular complexity index is 835. The van der Waals surface area contributed by atoms with Gasteiger partial charge in [-0.15, -0.1) is 17.0 Å². The number of nitrogens with one attached hydrogen (secondary N) is 3. The maximum atomic E-state index is 11.3. The maximum absolute atomic E-state index is 11.3. The molecule has 0 bridgehead atoms. The predicted molar refractivity (Wildman–Crippen MR) is 79.5 cm³/mol. The van der Waals surface area contributed by atoms with Crippen molar-refractivity contribution in [3.63, 3.8) is 0 Å². The maximum Gasteiger partial charge on any atom is 0.314 e. The molecule has 2 rings (SSSR count). The third-order valence-corrected chi connectivity index (χ3v) is 2.63. The number of hydrogen-bond donors (Lipinski definition) is 3. The molecule has 0 radical (unpaired) electrons. The summed E-state index contributed by atoms with van der Waals surface area (Å²) < 4.78 is 0. The average Bonchev–Trinajstić information content (AvgIpc) is 2.40. The van der Waals surface area contributed by atoms with E-state index in [9.17, 15) is 19.7 Å². The molecule has 1 aromatic heterocycles. The third kappa shape index (κ3) is 3.53. The number of halogens is 1. The fraction of sp³-hybridized carbons (Fsp3) is 0.182. The molecule has 9 nitrogen and oxygen atoms in total. The zero-order valence-electron chi connectivity index (χ0n) is 10.5. The van der Waals surface area contributed by atoms with Gasteiger partial charge in [-0.3, -0.25) is 19.7 Å². The van der Waals surface area contributed by atoms with Gasteiger partial charge in [0.15, 0.2) is 0 Å². The Kier molecular flexibility index (Phi) is 5.34. The van der Waals surface area contributed by atoms with Crippen LogP contribution in [0.2, 0.25) is 0 Å². The molecule has 0 aliphatic carbocycles. The van der Waals surface area contributed by atoms with E-state index in [4.69, 9.17) is 5.26 Å². The molecule has 0 aliphatic heterocycles. The molecule has 0 saturated heterocycles. The van der Waals surface area contributed by atoms with E-state index in [1.807, 2.05) is 6.07 Å². The van der Waals surface area contributed by atoms with Crippen LogP contribution in [0.4, 0.5) is 5.69 Å². The summed E-state index contributed by atoms with van der Waals surface area (Å²) >= 11 is 0. The molecule has 1 aromatic carbocycles. The van der Waals surface area contributed by atoms with Crippen molar-refractivity contribution in [3.05, 3.63) is 48.5 Å². The zero-order chi connectivity index (χ0) is 14.7. The smallest absolute Gasteiger partial charge is 0.314 e. The summed E-state index contributed by atoms with van der Waals surface area (Å²) in [5, 5.41) is 22.0. The fourth-order valence-corrected chi connectivity index (χ4v) is 1.78. The molecular formula is C11H10BrN5O4. The fourth-order valence-electron chi connectivity index (χ4n) is 1.78. The van der Waals surface area contributed by atoms with Crippen molar-refractivity contribution >= 4 is 33.7 Å². The van der Waals surface area contributed by atoms with Crippen LogP contribution in [0.1, 0.15) is 5.56 Å². The Hall–Kier alpha value is -2.51. The highest BCUT2D eigenvalue weighted by Crippen LogP contribution is 2.21. The first-order valence-corrected chi connectivity index (χ1v) is 5.54. The number of aromatic amines is 2. The molecule has 1 heterocycles. The number of rotatable bonds is 4. The van der Waals surface area contributed by atoms with Crippen LogP contribution in [-0.4, -0.2) is 21.4 Å². The van der Waals surface area contributed by atoms with Gasteiger partial charge < -0.3 is 15.3 Å². The number of aromatic nitrogens is 2.